The third-order valence-electron chi connectivity index (χ3n) is 5.13. The summed E-state index contributed by atoms with van der Waals surface area (Å²) in [6, 6.07) is 18.1. The fourth-order valence-electron chi connectivity index (χ4n) is 3.27. The standard InChI is InChI=1S/C25H26Cl2N2O5S2/c1-33-23-12-11-21(15-24(23)34-2)36(31,32)29(20-9-7-19(26)8-10-20)16-25(30)28-13-14-35-17-18-5-3-4-6-22(18)27/h3-12,15H,13-14,16-17H2,1-2H3,(H,28,30). The van der Waals surface area contributed by atoms with E-state index in [2.05, 4.69) is 5.32 Å². The van der Waals surface area contributed by atoms with Gasteiger partial charge < -0.3 is 14.8 Å². The zero-order valence-electron chi connectivity index (χ0n) is 19.7. The number of carbonyl (C=O) groups excluding carboxylic acids is 1. The third-order valence-corrected chi connectivity index (χ3v) is 8.53. The van der Waals surface area contributed by atoms with E-state index in [9.17, 15) is 13.2 Å². The second kappa shape index (κ2) is 13.1. The molecule has 3 aromatic carbocycles. The number of anilines is 1. The Labute approximate surface area is 225 Å². The third kappa shape index (κ3) is 7.22. The molecule has 0 unspecified atom stereocenters. The molecule has 7 nitrogen and oxygen atoms in total. The lowest BCUT2D eigenvalue weighted by Gasteiger charge is -2.24. The topological polar surface area (TPSA) is 84.9 Å². The summed E-state index contributed by atoms with van der Waals surface area (Å²) in [5, 5.41) is 3.94. The molecule has 3 aromatic rings. The monoisotopic (exact) mass is 568 g/mol. The van der Waals surface area contributed by atoms with Gasteiger partial charge in [0.1, 0.15) is 6.54 Å². The number of ether oxygens (including phenoxy) is 2. The smallest absolute Gasteiger partial charge is 0.264 e. The number of thioether (sulfide) groups is 1. The average molecular weight is 570 g/mol. The number of hydrogen-bond donors (Lipinski definition) is 1. The molecular weight excluding hydrogens is 543 g/mol. The summed E-state index contributed by atoms with van der Waals surface area (Å²) in [6.45, 7) is -0.0354. The summed E-state index contributed by atoms with van der Waals surface area (Å²) in [5.41, 5.74) is 1.32. The van der Waals surface area contributed by atoms with Gasteiger partial charge in [0.05, 0.1) is 24.8 Å². The Morgan fingerprint density at radius 2 is 1.67 bits per heavy atom. The fourth-order valence-corrected chi connectivity index (χ4v) is 5.98. The summed E-state index contributed by atoms with van der Waals surface area (Å²) in [5.74, 6) is 1.56. The number of hydrogen-bond acceptors (Lipinski definition) is 6. The van der Waals surface area contributed by atoms with Crippen LogP contribution in [0, 0.1) is 0 Å². The second-order valence-electron chi connectivity index (χ2n) is 7.50. The first kappa shape index (κ1) is 28.0. The maximum atomic E-state index is 13.6. The maximum Gasteiger partial charge on any atom is 0.264 e. The lowest BCUT2D eigenvalue weighted by molar-refractivity contribution is -0.119. The van der Waals surface area contributed by atoms with Crippen molar-refractivity contribution in [3.8, 4) is 11.5 Å². The van der Waals surface area contributed by atoms with Crippen LogP contribution in [0.5, 0.6) is 11.5 Å². The van der Waals surface area contributed by atoms with Gasteiger partial charge >= 0.3 is 0 Å². The van der Waals surface area contributed by atoms with Crippen molar-refractivity contribution in [2.75, 3.05) is 37.4 Å². The molecule has 0 bridgehead atoms. The molecule has 0 saturated heterocycles. The number of carbonyl (C=O) groups is 1. The summed E-state index contributed by atoms with van der Waals surface area (Å²) >= 11 is 13.8. The lowest BCUT2D eigenvalue weighted by atomic mass is 10.2. The molecule has 36 heavy (non-hydrogen) atoms. The quantitative estimate of drug-likeness (QED) is 0.300. The fraction of sp³-hybridized carbons (Fsp3) is 0.240. The Morgan fingerprint density at radius 1 is 0.972 bits per heavy atom. The Kier molecular flexibility index (Phi) is 10.2. The van der Waals surface area contributed by atoms with Gasteiger partial charge in [0.2, 0.25) is 5.91 Å². The van der Waals surface area contributed by atoms with Crippen LogP contribution in [0.4, 0.5) is 5.69 Å². The van der Waals surface area contributed by atoms with Gasteiger partial charge in [-0.05, 0) is 48.0 Å². The van der Waals surface area contributed by atoms with Crippen molar-refractivity contribution in [2.45, 2.75) is 10.6 Å². The zero-order chi connectivity index (χ0) is 26.1. The molecule has 0 spiro atoms. The van der Waals surface area contributed by atoms with Gasteiger partial charge in [-0.15, -0.1) is 0 Å². The summed E-state index contributed by atoms with van der Waals surface area (Å²) in [7, 11) is -1.24. The highest BCUT2D eigenvalue weighted by Crippen LogP contribution is 2.32. The Balaban J connectivity index is 1.71. The molecule has 0 atom stereocenters. The molecule has 0 heterocycles. The van der Waals surface area contributed by atoms with Crippen LogP contribution < -0.4 is 19.1 Å². The molecular formula is C25H26Cl2N2O5S2. The van der Waals surface area contributed by atoms with Crippen molar-refractivity contribution >= 4 is 56.6 Å². The number of amides is 1. The van der Waals surface area contributed by atoms with Gasteiger partial charge in [-0.3, -0.25) is 9.10 Å². The van der Waals surface area contributed by atoms with E-state index in [1.807, 2.05) is 24.3 Å². The molecule has 1 N–H and O–H groups in total. The maximum absolute atomic E-state index is 13.6. The van der Waals surface area contributed by atoms with E-state index in [-0.39, 0.29) is 10.6 Å². The van der Waals surface area contributed by atoms with E-state index < -0.39 is 22.5 Å². The predicted octanol–water partition coefficient (Wildman–Crippen LogP) is 5.26. The predicted molar refractivity (Wildman–Crippen MR) is 146 cm³/mol. The second-order valence-corrected chi connectivity index (χ2v) is 11.3. The van der Waals surface area contributed by atoms with E-state index in [1.165, 1.54) is 32.4 Å². The van der Waals surface area contributed by atoms with Crippen LogP contribution in [-0.2, 0) is 20.6 Å². The molecule has 1 amide bonds. The van der Waals surface area contributed by atoms with Gasteiger partial charge in [0.15, 0.2) is 11.5 Å². The van der Waals surface area contributed by atoms with E-state index in [0.29, 0.717) is 39.5 Å². The van der Waals surface area contributed by atoms with Crippen molar-refractivity contribution in [3.05, 3.63) is 82.3 Å². The number of nitrogens with one attached hydrogen (secondary N) is 1. The minimum absolute atomic E-state index is 0.0433. The summed E-state index contributed by atoms with van der Waals surface area (Å²) in [4.78, 5) is 12.7. The number of halogens is 2. The molecule has 0 aliphatic rings. The van der Waals surface area contributed by atoms with E-state index in [4.69, 9.17) is 32.7 Å². The van der Waals surface area contributed by atoms with E-state index >= 15 is 0 Å². The SMILES string of the molecule is COc1ccc(S(=O)(=O)N(CC(=O)NCCSCc2ccccc2Cl)c2ccc(Cl)cc2)cc1OC. The normalized spacial score (nSPS) is 11.1. The van der Waals surface area contributed by atoms with Gasteiger partial charge in [0, 0.05) is 34.2 Å². The zero-order valence-corrected chi connectivity index (χ0v) is 22.9. The van der Waals surface area contributed by atoms with Crippen LogP contribution in [0.2, 0.25) is 10.0 Å². The molecule has 0 radical (unpaired) electrons. The summed E-state index contributed by atoms with van der Waals surface area (Å²) in [6.07, 6.45) is 0. The first-order chi connectivity index (χ1) is 17.3. The van der Waals surface area contributed by atoms with Crippen LogP contribution in [-0.4, -0.2) is 47.4 Å². The molecule has 11 heteroatoms. The van der Waals surface area contributed by atoms with Crippen molar-refractivity contribution < 1.29 is 22.7 Å². The van der Waals surface area contributed by atoms with Crippen molar-refractivity contribution in [3.63, 3.8) is 0 Å². The number of rotatable bonds is 12. The van der Waals surface area contributed by atoms with Gasteiger partial charge in [-0.1, -0.05) is 41.4 Å². The highest BCUT2D eigenvalue weighted by molar-refractivity contribution is 7.98. The van der Waals surface area contributed by atoms with Gasteiger partial charge in [-0.25, -0.2) is 8.42 Å². The van der Waals surface area contributed by atoms with Crippen LogP contribution >= 0.6 is 35.0 Å². The lowest BCUT2D eigenvalue weighted by Crippen LogP contribution is -2.41. The highest BCUT2D eigenvalue weighted by Gasteiger charge is 2.28. The average Bonchev–Trinajstić information content (AvgIpc) is 2.88. The molecule has 0 aliphatic carbocycles. The Morgan fingerprint density at radius 3 is 2.33 bits per heavy atom. The molecule has 192 valence electrons. The molecule has 0 aliphatic heterocycles. The number of methoxy groups -OCH3 is 2. The van der Waals surface area contributed by atoms with Crippen LogP contribution in [0.1, 0.15) is 5.56 Å². The Bertz CT molecular complexity index is 1290. The minimum Gasteiger partial charge on any atom is -0.493 e. The first-order valence-electron chi connectivity index (χ1n) is 10.8. The molecule has 0 fully saturated rings. The van der Waals surface area contributed by atoms with Crippen molar-refractivity contribution in [2.24, 2.45) is 0 Å². The molecule has 0 saturated carbocycles. The number of nitrogens with zero attached hydrogens (tertiary/aromatic N) is 1. The van der Waals surface area contributed by atoms with Crippen LogP contribution in [0.15, 0.2) is 71.6 Å². The van der Waals surface area contributed by atoms with Crippen molar-refractivity contribution in [1.29, 1.82) is 0 Å². The van der Waals surface area contributed by atoms with Gasteiger partial charge in [-0.2, -0.15) is 11.8 Å². The first-order valence-corrected chi connectivity index (χ1v) is 14.2. The van der Waals surface area contributed by atoms with Crippen molar-refractivity contribution in [1.82, 2.24) is 5.32 Å². The number of sulfonamides is 1. The number of benzene rings is 3. The van der Waals surface area contributed by atoms with E-state index in [1.54, 1.807) is 36.0 Å². The van der Waals surface area contributed by atoms with Crippen LogP contribution in [0.3, 0.4) is 0 Å². The molecule has 3 rings (SSSR count). The van der Waals surface area contributed by atoms with Gasteiger partial charge in [0.25, 0.3) is 10.0 Å². The highest BCUT2D eigenvalue weighted by atomic mass is 35.5. The molecule has 0 aromatic heterocycles. The summed E-state index contributed by atoms with van der Waals surface area (Å²) < 4.78 is 38.7. The largest absolute Gasteiger partial charge is 0.493 e. The Hall–Kier alpha value is -2.59. The van der Waals surface area contributed by atoms with E-state index in [0.717, 1.165) is 9.87 Å². The van der Waals surface area contributed by atoms with Crippen LogP contribution in [0.25, 0.3) is 0 Å². The minimum atomic E-state index is -4.12.